The average Bonchev–Trinajstić information content (AvgIpc) is 1.75. The van der Waals surface area contributed by atoms with Gasteiger partial charge in [-0.25, -0.2) is 0 Å². The molecule has 0 radical (unpaired) electrons. The minimum absolute atomic E-state index is 0.0408. The van der Waals surface area contributed by atoms with E-state index < -0.39 is 223 Å². The first-order valence-corrected chi connectivity index (χ1v) is 32.5. The summed E-state index contributed by atoms with van der Waals surface area (Å²) in [6, 6.07) is -11.6. The van der Waals surface area contributed by atoms with Crippen LogP contribution in [0.3, 0.4) is 0 Å². The number of aromatic nitrogens is 1. The van der Waals surface area contributed by atoms with Gasteiger partial charge in [0.25, 0.3) is 0 Å². The fourth-order valence-corrected chi connectivity index (χ4v) is 10.4. The molecular formula is C63H96N16O20. The lowest BCUT2D eigenvalue weighted by Gasteiger charge is -2.30. The van der Waals surface area contributed by atoms with E-state index in [1.807, 2.05) is 0 Å². The first-order chi connectivity index (χ1) is 46.4. The number of nitrogens with two attached hydrogens (primary N) is 3. The maximum absolute atomic E-state index is 14.6. The number of carbonyl (C=O) groups excluding carboxylic acids is 15. The summed E-state index contributed by atoms with van der Waals surface area (Å²) in [5.74, 6) is -21.6. The Hall–Kier alpha value is -10.3. The third-order valence-electron chi connectivity index (χ3n) is 15.9. The minimum atomic E-state index is -2.09. The fraction of sp³-hybridized carbons (Fsp3) is 0.603. The lowest BCUT2D eigenvalue weighted by atomic mass is 9.96. The number of aromatic amines is 1. The Labute approximate surface area is 570 Å². The van der Waals surface area contributed by atoms with Crippen LogP contribution in [0.15, 0.2) is 30.5 Å². The van der Waals surface area contributed by atoms with Crippen LogP contribution in [0, 0.1) is 23.7 Å². The summed E-state index contributed by atoms with van der Waals surface area (Å²) in [5.41, 5.74) is 17.6. The Balaban J connectivity index is 1.99. The van der Waals surface area contributed by atoms with E-state index in [9.17, 15) is 96.8 Å². The van der Waals surface area contributed by atoms with Gasteiger partial charge in [-0.05, 0) is 67.4 Å². The molecule has 1 aromatic heterocycles. The molecule has 2 heterocycles. The Bertz CT molecular complexity index is 3260. The molecule has 12 atom stereocenters. The SMILES string of the molecule is CC[C@H](C)[C@H](NC(=O)C1CCCCNC(=O)CCC(=O)N[C@@H](Cc2c[nH]c3ccccc23)C(=O)N[C@@H](CC(N)=O)C(=O)N[C@@H](CO)C(=O)NC(CC(C)C)C(=O)N1)C(=O)N[C@@H](CC(=O)O)C(=O)N[C@@H](CC(N)=O)C(=O)N[C@@H](CC(C)C)C(=O)N[C@@H](CC(=O)O)C(=O)N[C@H](C(N)=O)C(C)C. The van der Waals surface area contributed by atoms with Crippen molar-refractivity contribution < 1.29 is 96.8 Å². The van der Waals surface area contributed by atoms with Crippen molar-refractivity contribution in [1.29, 1.82) is 0 Å². The van der Waals surface area contributed by atoms with Crippen LogP contribution >= 0.6 is 0 Å². The Kier molecular flexibility index (Phi) is 33.9. The number of amides is 15. The van der Waals surface area contributed by atoms with Crippen LogP contribution in [0.25, 0.3) is 10.9 Å². The number of H-pyrrole nitrogens is 1. The predicted octanol–water partition coefficient (Wildman–Crippen LogP) is -4.90. The third kappa shape index (κ3) is 28.4. The number of nitrogens with one attached hydrogen (secondary N) is 13. The second-order valence-electron chi connectivity index (χ2n) is 25.5. The molecule has 0 bridgehead atoms. The van der Waals surface area contributed by atoms with E-state index >= 15 is 0 Å². The van der Waals surface area contributed by atoms with E-state index in [-0.39, 0.29) is 63.8 Å². The van der Waals surface area contributed by atoms with Crippen molar-refractivity contribution in [3.8, 4) is 0 Å². The van der Waals surface area contributed by atoms with Crippen LogP contribution in [-0.2, 0) is 87.9 Å². The van der Waals surface area contributed by atoms with Gasteiger partial charge >= 0.3 is 11.9 Å². The molecule has 0 aliphatic carbocycles. The van der Waals surface area contributed by atoms with Gasteiger partial charge in [-0.3, -0.25) is 81.5 Å². The van der Waals surface area contributed by atoms with Crippen molar-refractivity contribution >= 4 is 111 Å². The molecule has 2 unspecified atom stereocenters. The molecule has 1 fully saturated rings. The average molecular weight is 1400 g/mol. The van der Waals surface area contributed by atoms with Crippen molar-refractivity contribution in [3.05, 3.63) is 36.0 Å². The number of fused-ring (bicyclic) bond motifs is 1. The molecule has 1 aliphatic rings. The van der Waals surface area contributed by atoms with Gasteiger partial charge in [0.05, 0.1) is 32.3 Å². The van der Waals surface area contributed by atoms with E-state index in [0.717, 1.165) is 0 Å². The zero-order valence-corrected chi connectivity index (χ0v) is 56.7. The van der Waals surface area contributed by atoms with Crippen molar-refractivity contribution in [2.45, 2.75) is 205 Å². The molecule has 15 amide bonds. The van der Waals surface area contributed by atoms with Gasteiger partial charge in [0.2, 0.25) is 88.6 Å². The molecule has 0 spiro atoms. The van der Waals surface area contributed by atoms with Crippen molar-refractivity contribution in [2.75, 3.05) is 13.2 Å². The van der Waals surface area contributed by atoms with Gasteiger partial charge in [-0.2, -0.15) is 0 Å². The highest BCUT2D eigenvalue weighted by atomic mass is 16.4. The van der Waals surface area contributed by atoms with Crippen molar-refractivity contribution in [1.82, 2.24) is 68.8 Å². The summed E-state index contributed by atoms with van der Waals surface area (Å²) in [4.78, 5) is 231. The smallest absolute Gasteiger partial charge is 0.305 e. The lowest BCUT2D eigenvalue weighted by molar-refractivity contribution is -0.142. The fourth-order valence-electron chi connectivity index (χ4n) is 10.4. The number of carbonyl (C=O) groups is 17. The summed E-state index contributed by atoms with van der Waals surface area (Å²) in [5, 5.41) is 59.5. The summed E-state index contributed by atoms with van der Waals surface area (Å²) in [6.45, 7) is 11.6. The van der Waals surface area contributed by atoms with E-state index in [4.69, 9.17) is 17.2 Å². The van der Waals surface area contributed by atoms with Gasteiger partial charge in [0.15, 0.2) is 0 Å². The summed E-state index contributed by atoms with van der Waals surface area (Å²) >= 11 is 0. The Morgan fingerprint density at radius 2 is 1.07 bits per heavy atom. The molecule has 548 valence electrons. The number of aliphatic carboxylic acids is 2. The van der Waals surface area contributed by atoms with E-state index in [0.29, 0.717) is 16.5 Å². The zero-order chi connectivity index (χ0) is 74.5. The van der Waals surface area contributed by atoms with E-state index in [1.165, 1.54) is 20.8 Å². The number of primary amides is 3. The zero-order valence-electron chi connectivity index (χ0n) is 56.7. The number of hydrogen-bond donors (Lipinski definition) is 19. The normalized spacial score (nSPS) is 20.0. The molecule has 99 heavy (non-hydrogen) atoms. The summed E-state index contributed by atoms with van der Waals surface area (Å²) < 4.78 is 0. The number of carboxylic acid groups (broad SMARTS) is 2. The molecule has 0 saturated carbocycles. The third-order valence-corrected chi connectivity index (χ3v) is 15.9. The first kappa shape index (κ1) is 82.9. The van der Waals surface area contributed by atoms with Crippen LogP contribution in [0.1, 0.15) is 138 Å². The first-order valence-electron chi connectivity index (χ1n) is 32.5. The van der Waals surface area contributed by atoms with Gasteiger partial charge in [0, 0.05) is 42.9 Å². The number of aliphatic hydroxyl groups excluding tert-OH is 1. The second kappa shape index (κ2) is 40.4. The predicted molar refractivity (Wildman–Crippen MR) is 351 cm³/mol. The van der Waals surface area contributed by atoms with Gasteiger partial charge in [-0.1, -0.05) is 80.0 Å². The molecule has 22 N–H and O–H groups in total. The number of aliphatic hydroxyl groups is 1. The topological polar surface area (TPSA) is 589 Å². The number of benzene rings is 1. The second-order valence-corrected chi connectivity index (χ2v) is 25.5. The molecule has 2 aromatic rings. The molecule has 36 heteroatoms. The highest BCUT2D eigenvalue weighted by Gasteiger charge is 2.39. The highest BCUT2D eigenvalue weighted by Crippen LogP contribution is 2.20. The van der Waals surface area contributed by atoms with Crippen LogP contribution < -0.4 is 81.0 Å². The summed E-state index contributed by atoms with van der Waals surface area (Å²) in [7, 11) is 0. The molecule has 1 saturated heterocycles. The standard InChI is InChI=1S/C63H96N16O20/c1-9-32(8)52(63(99)76-42(25-49(85)86)60(96)74-40(23-45(64)81)58(94)71-38(21-30(4)5)56(92)75-43(26-50(87)88)61(97)78-51(31(6)7)53(66)89)79-54(90)36-16-12-13-19-67-47(83)17-18-48(84)69-39(22-33-27-68-35-15-11-10-14-34(33)35)57(93)73-41(24-46(65)82)59(95)77-44(28-80)62(98)72-37(20-29(2)3)55(91)70-36/h10-11,14-15,27,29-32,36-44,51-52,68,80H,9,12-13,16-26,28H2,1-8H3,(H2,64,81)(H2,65,82)(H2,66,89)(H,67,83)(H,69,84)(H,70,91)(H,71,94)(H,72,98)(H,73,93)(H,74,96)(H,75,92)(H,76,99)(H,77,95)(H,78,97)(H,79,90)(H,85,86)(H,87,88)/t32-,36?,37?,38-,39-,40-,41-,42-,43-,44-,51-,52-/m0/s1. The largest absolute Gasteiger partial charge is 0.481 e. The molecule has 36 nitrogen and oxygen atoms in total. The van der Waals surface area contributed by atoms with Crippen LogP contribution in [0.4, 0.5) is 0 Å². The van der Waals surface area contributed by atoms with Crippen molar-refractivity contribution in [2.24, 2.45) is 40.9 Å². The number of hydrogen-bond acceptors (Lipinski definition) is 18. The van der Waals surface area contributed by atoms with Gasteiger partial charge in [0.1, 0.15) is 66.5 Å². The Morgan fingerprint density at radius 3 is 1.62 bits per heavy atom. The van der Waals surface area contributed by atoms with Crippen LogP contribution in [0.5, 0.6) is 0 Å². The monoisotopic (exact) mass is 1400 g/mol. The van der Waals surface area contributed by atoms with E-state index in [2.05, 4.69) is 68.8 Å². The molecule has 1 aliphatic heterocycles. The number of carboxylic acids is 2. The minimum Gasteiger partial charge on any atom is -0.481 e. The summed E-state index contributed by atoms with van der Waals surface area (Å²) in [6.07, 6.45) is -3.68. The highest BCUT2D eigenvalue weighted by molar-refractivity contribution is 6.02. The lowest BCUT2D eigenvalue weighted by Crippen LogP contribution is -2.62. The molecular weight excluding hydrogens is 1300 g/mol. The van der Waals surface area contributed by atoms with E-state index in [1.54, 1.807) is 65.1 Å². The Morgan fingerprint density at radius 1 is 0.556 bits per heavy atom. The van der Waals surface area contributed by atoms with Crippen LogP contribution in [-0.4, -0.2) is 200 Å². The number of para-hydroxylation sites is 1. The quantitative estimate of drug-likeness (QED) is 0.0336. The molecule has 1 aromatic carbocycles. The van der Waals surface area contributed by atoms with Crippen molar-refractivity contribution in [3.63, 3.8) is 0 Å². The number of rotatable bonds is 31. The van der Waals surface area contributed by atoms with Gasteiger partial charge in [-0.15, -0.1) is 0 Å². The molecule has 3 rings (SSSR count). The maximum atomic E-state index is 14.6. The maximum Gasteiger partial charge on any atom is 0.305 e. The van der Waals surface area contributed by atoms with Crippen LogP contribution in [0.2, 0.25) is 0 Å². The van der Waals surface area contributed by atoms with Gasteiger partial charge < -0.3 is 101 Å².